The zero-order valence-electron chi connectivity index (χ0n) is 20.9. The Bertz CT molecular complexity index is 1370. The van der Waals surface area contributed by atoms with E-state index in [1.54, 1.807) is 19.1 Å². The van der Waals surface area contributed by atoms with Crippen LogP contribution >= 0.6 is 23.2 Å². The molecule has 3 rings (SSSR count). The summed E-state index contributed by atoms with van der Waals surface area (Å²) in [6.45, 7) is 1.41. The van der Waals surface area contributed by atoms with Crippen molar-refractivity contribution in [3.63, 3.8) is 0 Å². The summed E-state index contributed by atoms with van der Waals surface area (Å²) < 4.78 is 39.7. The molecular formula is C27H28Cl2FN3O4S. The number of halogens is 3. The van der Waals surface area contributed by atoms with E-state index in [0.717, 1.165) is 28.3 Å². The van der Waals surface area contributed by atoms with Crippen molar-refractivity contribution in [2.45, 2.75) is 25.9 Å². The maximum atomic E-state index is 13.9. The number of carbonyl (C=O) groups excluding carboxylic acids is 2. The number of nitrogens with zero attached hydrogens (tertiary/aromatic N) is 2. The first-order chi connectivity index (χ1) is 18.0. The molecule has 0 bridgehead atoms. The van der Waals surface area contributed by atoms with Crippen molar-refractivity contribution in [3.05, 3.63) is 99.8 Å². The van der Waals surface area contributed by atoms with Crippen LogP contribution in [0, 0.1) is 5.82 Å². The van der Waals surface area contributed by atoms with Crippen LogP contribution in [0.1, 0.15) is 18.1 Å². The molecule has 0 saturated carbocycles. The first-order valence-electron chi connectivity index (χ1n) is 11.8. The lowest BCUT2D eigenvalue weighted by Gasteiger charge is -2.33. The van der Waals surface area contributed by atoms with Crippen LogP contribution in [0.3, 0.4) is 0 Å². The van der Waals surface area contributed by atoms with E-state index in [2.05, 4.69) is 5.32 Å². The molecule has 0 unspecified atom stereocenters. The molecule has 1 N–H and O–H groups in total. The number of hydrogen-bond acceptors (Lipinski definition) is 4. The molecule has 7 nitrogen and oxygen atoms in total. The highest BCUT2D eigenvalue weighted by atomic mass is 35.5. The highest BCUT2D eigenvalue weighted by Crippen LogP contribution is 2.25. The molecule has 0 spiro atoms. The lowest BCUT2D eigenvalue weighted by molar-refractivity contribution is -0.140. The number of sulfonamides is 1. The smallest absolute Gasteiger partial charge is 0.244 e. The molecule has 1 atom stereocenters. The fourth-order valence-electron chi connectivity index (χ4n) is 3.90. The summed E-state index contributed by atoms with van der Waals surface area (Å²) in [6, 6.07) is 17.7. The van der Waals surface area contributed by atoms with Gasteiger partial charge in [0.05, 0.1) is 11.9 Å². The minimum atomic E-state index is -3.94. The molecule has 3 aromatic carbocycles. The van der Waals surface area contributed by atoms with E-state index in [-0.39, 0.29) is 18.7 Å². The van der Waals surface area contributed by atoms with Gasteiger partial charge in [0, 0.05) is 29.6 Å². The van der Waals surface area contributed by atoms with Crippen molar-refractivity contribution in [2.75, 3.05) is 23.7 Å². The predicted octanol–water partition coefficient (Wildman–Crippen LogP) is 4.67. The normalized spacial score (nSPS) is 12.0. The van der Waals surface area contributed by atoms with E-state index in [0.29, 0.717) is 22.2 Å². The highest BCUT2D eigenvalue weighted by molar-refractivity contribution is 7.92. The Morgan fingerprint density at radius 3 is 2.24 bits per heavy atom. The molecule has 0 radical (unpaired) electrons. The van der Waals surface area contributed by atoms with E-state index < -0.39 is 40.2 Å². The summed E-state index contributed by atoms with van der Waals surface area (Å²) in [4.78, 5) is 28.5. The van der Waals surface area contributed by atoms with Crippen molar-refractivity contribution in [1.29, 1.82) is 0 Å². The molecule has 0 fully saturated rings. The lowest BCUT2D eigenvalue weighted by atomic mass is 10.0. The maximum Gasteiger partial charge on any atom is 0.244 e. The molecule has 38 heavy (non-hydrogen) atoms. The molecular weight excluding hydrogens is 552 g/mol. The van der Waals surface area contributed by atoms with E-state index in [4.69, 9.17) is 23.2 Å². The van der Waals surface area contributed by atoms with E-state index in [1.807, 2.05) is 30.3 Å². The largest absolute Gasteiger partial charge is 0.355 e. The Kier molecular flexibility index (Phi) is 10.1. The third kappa shape index (κ3) is 7.93. The van der Waals surface area contributed by atoms with Crippen LogP contribution in [-0.2, 0) is 32.6 Å². The summed E-state index contributed by atoms with van der Waals surface area (Å²) in [7, 11) is -3.94. The number of benzene rings is 3. The topological polar surface area (TPSA) is 86.8 Å². The Labute approximate surface area is 232 Å². The first-order valence-corrected chi connectivity index (χ1v) is 14.4. The molecule has 11 heteroatoms. The fraction of sp³-hybridized carbons (Fsp3) is 0.259. The summed E-state index contributed by atoms with van der Waals surface area (Å²) in [5.74, 6) is -1.59. The molecule has 0 heterocycles. The SMILES string of the molecule is CCNC(=O)[C@H](Cc1ccccc1)N(Cc1ccc(Cl)cc1Cl)C(=O)CN(c1ccc(F)cc1)S(C)(=O)=O. The first kappa shape index (κ1) is 29.4. The number of carbonyl (C=O) groups is 2. The molecule has 0 aliphatic heterocycles. The number of amides is 2. The van der Waals surface area contributed by atoms with Gasteiger partial charge in [-0.3, -0.25) is 13.9 Å². The minimum Gasteiger partial charge on any atom is -0.355 e. The van der Waals surface area contributed by atoms with Crippen LogP contribution in [0.4, 0.5) is 10.1 Å². The molecule has 0 aromatic heterocycles. The molecule has 3 aromatic rings. The second-order valence-corrected chi connectivity index (χ2v) is 11.4. The highest BCUT2D eigenvalue weighted by Gasteiger charge is 2.33. The van der Waals surface area contributed by atoms with Crippen LogP contribution in [-0.4, -0.2) is 50.5 Å². The van der Waals surface area contributed by atoms with Crippen LogP contribution < -0.4 is 9.62 Å². The number of rotatable bonds is 11. The maximum absolute atomic E-state index is 13.9. The quantitative estimate of drug-likeness (QED) is 0.357. The fourth-order valence-corrected chi connectivity index (χ4v) is 5.22. The second kappa shape index (κ2) is 13.1. The number of hydrogen-bond donors (Lipinski definition) is 1. The summed E-state index contributed by atoms with van der Waals surface area (Å²) in [5.41, 5.74) is 1.45. The zero-order valence-corrected chi connectivity index (χ0v) is 23.2. The van der Waals surface area contributed by atoms with Gasteiger partial charge in [0.15, 0.2) is 0 Å². The summed E-state index contributed by atoms with van der Waals surface area (Å²) >= 11 is 12.5. The van der Waals surface area contributed by atoms with Gasteiger partial charge in [-0.25, -0.2) is 12.8 Å². The number of likely N-dealkylation sites (N-methyl/N-ethyl adjacent to an activating group) is 1. The molecule has 0 aliphatic rings. The van der Waals surface area contributed by atoms with Crippen LogP contribution in [0.5, 0.6) is 0 Å². The average molecular weight is 581 g/mol. The Balaban J connectivity index is 2.06. The van der Waals surface area contributed by atoms with Crippen molar-refractivity contribution >= 4 is 50.7 Å². The monoisotopic (exact) mass is 579 g/mol. The molecule has 0 saturated heterocycles. The van der Waals surface area contributed by atoms with Gasteiger partial charge in [0.1, 0.15) is 18.4 Å². The van der Waals surface area contributed by atoms with E-state index in [1.165, 1.54) is 23.1 Å². The van der Waals surface area contributed by atoms with Gasteiger partial charge in [-0.2, -0.15) is 0 Å². The van der Waals surface area contributed by atoms with Crippen molar-refractivity contribution in [2.24, 2.45) is 0 Å². The van der Waals surface area contributed by atoms with Crippen molar-refractivity contribution in [1.82, 2.24) is 10.2 Å². The lowest BCUT2D eigenvalue weighted by Crippen LogP contribution is -2.53. The van der Waals surface area contributed by atoms with Gasteiger partial charge in [-0.1, -0.05) is 59.6 Å². The van der Waals surface area contributed by atoms with Crippen molar-refractivity contribution in [3.8, 4) is 0 Å². The van der Waals surface area contributed by atoms with E-state index >= 15 is 0 Å². The van der Waals surface area contributed by atoms with Gasteiger partial charge in [-0.15, -0.1) is 0 Å². The van der Waals surface area contributed by atoms with Crippen LogP contribution in [0.25, 0.3) is 0 Å². The zero-order chi connectivity index (χ0) is 27.9. The van der Waals surface area contributed by atoms with Gasteiger partial charge >= 0.3 is 0 Å². The summed E-state index contributed by atoms with van der Waals surface area (Å²) in [5, 5.41) is 3.47. The Hall–Kier alpha value is -3.14. The predicted molar refractivity (Wildman–Crippen MR) is 148 cm³/mol. The molecule has 2 amide bonds. The van der Waals surface area contributed by atoms with Crippen LogP contribution in [0.15, 0.2) is 72.8 Å². The van der Waals surface area contributed by atoms with Crippen molar-refractivity contribution < 1.29 is 22.4 Å². The van der Waals surface area contributed by atoms with E-state index in [9.17, 15) is 22.4 Å². The molecule has 0 aliphatic carbocycles. The Morgan fingerprint density at radius 1 is 1.00 bits per heavy atom. The van der Waals surface area contributed by atoms with Gasteiger partial charge in [0.2, 0.25) is 21.8 Å². The standard InChI is InChI=1S/C27H28Cl2FN3O4S/c1-3-31-27(35)25(15-19-7-5-4-6-8-19)32(17-20-9-10-21(28)16-24(20)29)26(34)18-33(38(2,36)37)23-13-11-22(30)12-14-23/h4-14,16,25H,3,15,17-18H2,1-2H3,(H,31,35)/t25-/m0/s1. The van der Waals surface area contributed by atoms with Crippen LogP contribution in [0.2, 0.25) is 10.0 Å². The second-order valence-electron chi connectivity index (χ2n) is 8.60. The third-order valence-corrected chi connectivity index (χ3v) is 7.50. The number of nitrogens with one attached hydrogen (secondary N) is 1. The minimum absolute atomic E-state index is 0.0789. The number of anilines is 1. The molecule has 202 valence electrons. The van der Waals surface area contributed by atoms with Gasteiger partial charge < -0.3 is 10.2 Å². The van der Waals surface area contributed by atoms with Gasteiger partial charge in [-0.05, 0) is 54.4 Å². The third-order valence-electron chi connectivity index (χ3n) is 5.77. The average Bonchev–Trinajstić information content (AvgIpc) is 2.86. The Morgan fingerprint density at radius 2 is 1.66 bits per heavy atom. The summed E-state index contributed by atoms with van der Waals surface area (Å²) in [6.07, 6.45) is 1.13. The van der Waals surface area contributed by atoms with Gasteiger partial charge in [0.25, 0.3) is 0 Å².